The molecule has 4 rings (SSSR count). The summed E-state index contributed by atoms with van der Waals surface area (Å²) >= 11 is 1.70. The van der Waals surface area contributed by atoms with Crippen LogP contribution in [0.1, 0.15) is 59.7 Å². The fourth-order valence-electron chi connectivity index (χ4n) is 4.28. The topological polar surface area (TPSA) is 79.8 Å². The molecular weight excluding hydrogens is 388 g/mol. The van der Waals surface area contributed by atoms with E-state index in [0.717, 1.165) is 35.4 Å². The summed E-state index contributed by atoms with van der Waals surface area (Å²) < 4.78 is 10.5. The Morgan fingerprint density at radius 1 is 1.14 bits per heavy atom. The molecule has 0 spiro atoms. The van der Waals surface area contributed by atoms with E-state index in [9.17, 15) is 9.90 Å². The van der Waals surface area contributed by atoms with Crippen molar-refractivity contribution < 1.29 is 19.4 Å². The van der Waals surface area contributed by atoms with Gasteiger partial charge in [-0.1, -0.05) is 20.8 Å². The fraction of sp³-hybridized carbons (Fsp3) is 0.500. The molecule has 6 nitrogen and oxygen atoms in total. The molecule has 2 unspecified atom stereocenters. The molecule has 1 aromatic heterocycles. The number of hydrogen-bond acceptors (Lipinski definition) is 6. The van der Waals surface area contributed by atoms with E-state index in [0.29, 0.717) is 17.4 Å². The largest absolute Gasteiger partial charge is 0.502 e. The van der Waals surface area contributed by atoms with E-state index in [1.165, 1.54) is 24.7 Å². The summed E-state index contributed by atoms with van der Waals surface area (Å²) in [6.07, 6.45) is 2.67. The van der Waals surface area contributed by atoms with Crippen LogP contribution in [0.15, 0.2) is 12.1 Å². The minimum atomic E-state index is -0.420. The number of carbonyl (C=O) groups excluding carboxylic acids is 1. The van der Waals surface area contributed by atoms with Gasteiger partial charge >= 0.3 is 0 Å². The lowest BCUT2D eigenvalue weighted by Gasteiger charge is -2.34. The van der Waals surface area contributed by atoms with Crippen molar-refractivity contribution in [2.75, 3.05) is 19.5 Å². The van der Waals surface area contributed by atoms with Crippen LogP contribution < -0.4 is 20.1 Å². The molecule has 29 heavy (non-hydrogen) atoms. The lowest BCUT2D eigenvalue weighted by molar-refractivity contribution is 0.0934. The Hall–Kier alpha value is -2.41. The number of aromatic hydroxyl groups is 1. The van der Waals surface area contributed by atoms with Gasteiger partial charge in [-0.3, -0.25) is 4.79 Å². The maximum atomic E-state index is 13.0. The Balaban J connectivity index is 1.67. The maximum absolute atomic E-state index is 13.0. The second-order valence-electron chi connectivity index (χ2n) is 8.84. The zero-order valence-electron chi connectivity index (χ0n) is 17.5. The minimum absolute atomic E-state index is 0.0542. The van der Waals surface area contributed by atoms with E-state index in [2.05, 4.69) is 31.4 Å². The van der Waals surface area contributed by atoms with Crippen molar-refractivity contribution in [1.82, 2.24) is 5.32 Å². The highest BCUT2D eigenvalue weighted by molar-refractivity contribution is 7.16. The number of fused-ring (bicyclic) bond motifs is 3. The normalized spacial score (nSPS) is 20.9. The van der Waals surface area contributed by atoms with Crippen molar-refractivity contribution in [2.45, 2.75) is 46.2 Å². The first-order chi connectivity index (χ1) is 13.7. The third kappa shape index (κ3) is 3.41. The van der Waals surface area contributed by atoms with Crippen LogP contribution in [0.4, 0.5) is 5.00 Å². The molecule has 0 bridgehead atoms. The Morgan fingerprint density at radius 3 is 2.38 bits per heavy atom. The van der Waals surface area contributed by atoms with Gasteiger partial charge in [-0.25, -0.2) is 0 Å². The molecule has 0 saturated heterocycles. The van der Waals surface area contributed by atoms with Gasteiger partial charge in [-0.05, 0) is 48.3 Å². The average molecular weight is 417 g/mol. The molecule has 2 heterocycles. The predicted molar refractivity (Wildman–Crippen MR) is 114 cm³/mol. The smallest absolute Gasteiger partial charge is 0.256 e. The van der Waals surface area contributed by atoms with Crippen LogP contribution in [0.5, 0.6) is 17.2 Å². The van der Waals surface area contributed by atoms with E-state index in [1.54, 1.807) is 23.5 Å². The van der Waals surface area contributed by atoms with Crippen LogP contribution in [0.3, 0.4) is 0 Å². The second kappa shape index (κ2) is 7.13. The van der Waals surface area contributed by atoms with Crippen molar-refractivity contribution in [3.8, 4) is 17.2 Å². The molecule has 0 radical (unpaired) electrons. The third-order valence-corrected chi connectivity index (χ3v) is 7.29. The predicted octanol–water partition coefficient (Wildman–Crippen LogP) is 4.48. The van der Waals surface area contributed by atoms with Crippen molar-refractivity contribution in [3.05, 3.63) is 33.7 Å². The molecule has 1 aliphatic heterocycles. The second-order valence-corrected chi connectivity index (χ2v) is 9.94. The number of hydrogen-bond donors (Lipinski definition) is 3. The number of anilines is 1. The Labute approximate surface area is 175 Å². The molecule has 3 N–H and O–H groups in total. The Kier molecular flexibility index (Phi) is 4.89. The van der Waals surface area contributed by atoms with Gasteiger partial charge in [0.05, 0.1) is 19.8 Å². The first kappa shape index (κ1) is 19.9. The van der Waals surface area contributed by atoms with Gasteiger partial charge in [0.2, 0.25) is 5.75 Å². The summed E-state index contributed by atoms with van der Waals surface area (Å²) in [5, 5.41) is 17.6. The molecule has 1 aliphatic carbocycles. The summed E-state index contributed by atoms with van der Waals surface area (Å²) in [6.45, 7) is 6.88. The number of rotatable bonds is 3. The van der Waals surface area contributed by atoms with Crippen LogP contribution in [0.2, 0.25) is 0 Å². The molecule has 0 saturated carbocycles. The number of nitrogens with one attached hydrogen (secondary N) is 2. The van der Waals surface area contributed by atoms with Crippen molar-refractivity contribution in [1.29, 1.82) is 0 Å². The van der Waals surface area contributed by atoms with E-state index in [-0.39, 0.29) is 17.1 Å². The number of thiophene rings is 1. The Bertz CT molecular complexity index is 935. The highest BCUT2D eigenvalue weighted by Gasteiger charge is 2.36. The maximum Gasteiger partial charge on any atom is 0.256 e. The van der Waals surface area contributed by atoms with Crippen LogP contribution in [-0.2, 0) is 12.8 Å². The summed E-state index contributed by atoms with van der Waals surface area (Å²) in [5.74, 6) is 1.13. The van der Waals surface area contributed by atoms with Crippen molar-refractivity contribution in [3.63, 3.8) is 0 Å². The van der Waals surface area contributed by atoms with Gasteiger partial charge in [-0.2, -0.15) is 0 Å². The van der Waals surface area contributed by atoms with E-state index >= 15 is 0 Å². The highest BCUT2D eigenvalue weighted by atomic mass is 32.1. The summed E-state index contributed by atoms with van der Waals surface area (Å²) in [5.41, 5.74) is 3.02. The molecular formula is C22H28N2O4S. The number of methoxy groups -OCH3 is 2. The molecule has 7 heteroatoms. The van der Waals surface area contributed by atoms with Crippen LogP contribution in [0, 0.1) is 11.3 Å². The van der Waals surface area contributed by atoms with E-state index < -0.39 is 6.17 Å². The van der Waals surface area contributed by atoms with E-state index in [1.807, 2.05) is 0 Å². The van der Waals surface area contributed by atoms with Crippen molar-refractivity contribution >= 4 is 22.2 Å². The van der Waals surface area contributed by atoms with Gasteiger partial charge in [0.25, 0.3) is 5.91 Å². The lowest BCUT2D eigenvalue weighted by atomic mass is 9.72. The summed E-state index contributed by atoms with van der Waals surface area (Å²) in [6, 6.07) is 3.42. The first-order valence-corrected chi connectivity index (χ1v) is 10.7. The van der Waals surface area contributed by atoms with Crippen LogP contribution in [-0.4, -0.2) is 25.2 Å². The standard InChI is InChI=1S/C22H28N2O4S/c1-22(2,3)12-6-7-13-16(10-12)29-21-17(13)20(26)23-19(24-21)11-8-14(27-4)18(25)15(9-11)28-5/h8-9,12,19,24-25H,6-7,10H2,1-5H3,(H,23,26). The molecule has 2 atom stereocenters. The van der Waals surface area contributed by atoms with Gasteiger partial charge in [0.15, 0.2) is 11.5 Å². The molecule has 156 valence electrons. The number of benzene rings is 1. The number of ether oxygens (including phenoxy) is 2. The van der Waals surface area contributed by atoms with Gasteiger partial charge in [0, 0.05) is 10.4 Å². The minimum Gasteiger partial charge on any atom is -0.502 e. The zero-order chi connectivity index (χ0) is 20.9. The average Bonchev–Trinajstić information content (AvgIpc) is 3.05. The number of carbonyl (C=O) groups is 1. The van der Waals surface area contributed by atoms with Crippen molar-refractivity contribution in [2.24, 2.45) is 11.3 Å². The molecule has 0 fully saturated rings. The Morgan fingerprint density at radius 2 is 1.79 bits per heavy atom. The number of amides is 1. The molecule has 2 aromatic rings. The molecule has 1 amide bonds. The van der Waals surface area contributed by atoms with Crippen LogP contribution in [0.25, 0.3) is 0 Å². The summed E-state index contributed by atoms with van der Waals surface area (Å²) in [4.78, 5) is 14.3. The fourth-order valence-corrected chi connectivity index (χ4v) is 5.64. The van der Waals surface area contributed by atoms with Crippen LogP contribution >= 0.6 is 11.3 Å². The zero-order valence-corrected chi connectivity index (χ0v) is 18.3. The third-order valence-electron chi connectivity index (χ3n) is 6.10. The SMILES string of the molecule is COc1cc(C2NC(=O)c3c(sc4c3CCC(C(C)(C)C)C4)N2)cc(OC)c1O. The number of phenolic OH excluding ortho intramolecular Hbond substituents is 1. The lowest BCUT2D eigenvalue weighted by Crippen LogP contribution is -2.38. The van der Waals surface area contributed by atoms with Gasteiger partial charge in [-0.15, -0.1) is 11.3 Å². The molecule has 2 aliphatic rings. The monoisotopic (exact) mass is 416 g/mol. The quantitative estimate of drug-likeness (QED) is 0.688. The first-order valence-electron chi connectivity index (χ1n) is 9.89. The van der Waals surface area contributed by atoms with Gasteiger partial charge in [0.1, 0.15) is 11.2 Å². The van der Waals surface area contributed by atoms with E-state index in [4.69, 9.17) is 9.47 Å². The van der Waals surface area contributed by atoms with Gasteiger partial charge < -0.3 is 25.2 Å². The molecule has 1 aromatic carbocycles. The summed E-state index contributed by atoms with van der Waals surface area (Å²) in [7, 11) is 2.98. The number of phenols is 1. The highest BCUT2D eigenvalue weighted by Crippen LogP contribution is 2.47.